The maximum absolute atomic E-state index is 9.17. The number of fused-ring (bicyclic) bond motifs is 1. The van der Waals surface area contributed by atoms with Gasteiger partial charge in [0, 0.05) is 19.3 Å². The molecule has 0 saturated heterocycles. The van der Waals surface area contributed by atoms with E-state index in [-0.39, 0.29) is 6.10 Å². The van der Waals surface area contributed by atoms with Crippen molar-refractivity contribution in [1.29, 1.82) is 0 Å². The third-order valence-corrected chi connectivity index (χ3v) is 2.52. The van der Waals surface area contributed by atoms with Crippen LogP contribution in [0.2, 0.25) is 0 Å². The van der Waals surface area contributed by atoms with Crippen LogP contribution in [0.1, 0.15) is 6.92 Å². The van der Waals surface area contributed by atoms with Crippen LogP contribution in [0.3, 0.4) is 0 Å². The van der Waals surface area contributed by atoms with Crippen LogP contribution in [-0.4, -0.2) is 27.3 Å². The minimum absolute atomic E-state index is 0.371. The van der Waals surface area contributed by atoms with Gasteiger partial charge in [-0.15, -0.1) is 0 Å². The fourth-order valence-electron chi connectivity index (χ4n) is 1.59. The van der Waals surface area contributed by atoms with Crippen molar-refractivity contribution >= 4 is 22.7 Å². The van der Waals surface area contributed by atoms with Crippen molar-refractivity contribution in [3.63, 3.8) is 0 Å². The minimum atomic E-state index is -0.371. The summed E-state index contributed by atoms with van der Waals surface area (Å²) in [5, 5.41) is 12.3. The molecule has 2 aromatic rings. The number of imidazole rings is 1. The Hall–Kier alpha value is -1.75. The van der Waals surface area contributed by atoms with Gasteiger partial charge in [-0.1, -0.05) is 0 Å². The van der Waals surface area contributed by atoms with E-state index in [0.717, 1.165) is 16.7 Å². The van der Waals surface area contributed by atoms with Crippen molar-refractivity contribution < 1.29 is 5.11 Å². The smallest absolute Gasteiger partial charge is 0.200 e. The number of benzene rings is 1. The van der Waals surface area contributed by atoms with Crippen molar-refractivity contribution in [2.45, 2.75) is 13.0 Å². The highest BCUT2D eigenvalue weighted by atomic mass is 16.3. The number of nitrogen functional groups attached to an aromatic ring is 1. The molecule has 0 aliphatic rings. The zero-order chi connectivity index (χ0) is 11.7. The summed E-state index contributed by atoms with van der Waals surface area (Å²) in [6.45, 7) is 2.26. The molecule has 0 radical (unpaired) electrons. The molecule has 1 unspecified atom stereocenters. The second-order valence-electron chi connectivity index (χ2n) is 3.96. The lowest BCUT2D eigenvalue weighted by Crippen LogP contribution is -2.15. The highest BCUT2D eigenvalue weighted by Gasteiger charge is 2.05. The van der Waals surface area contributed by atoms with E-state index in [0.29, 0.717) is 12.5 Å². The molecule has 2 rings (SSSR count). The number of nitrogens with one attached hydrogen (secondary N) is 1. The topological polar surface area (TPSA) is 76.1 Å². The molecule has 0 aliphatic carbocycles. The molecule has 1 atom stereocenters. The number of hydrogen-bond acceptors (Lipinski definition) is 4. The number of nitrogens with two attached hydrogens (primary N) is 1. The lowest BCUT2D eigenvalue weighted by Gasteiger charge is -2.08. The average molecular weight is 220 g/mol. The Balaban J connectivity index is 2.30. The Kier molecular flexibility index (Phi) is 2.70. The van der Waals surface area contributed by atoms with Crippen LogP contribution >= 0.6 is 0 Å². The van der Waals surface area contributed by atoms with Crippen LogP contribution in [-0.2, 0) is 7.05 Å². The number of aryl methyl sites for hydroxylation is 1. The summed E-state index contributed by atoms with van der Waals surface area (Å²) < 4.78 is 1.84. The number of aliphatic hydroxyl groups is 1. The number of aromatic nitrogens is 2. The summed E-state index contributed by atoms with van der Waals surface area (Å²) in [7, 11) is 1.88. The first-order valence-electron chi connectivity index (χ1n) is 5.22. The number of nitrogens with zero attached hydrogens (tertiary/aromatic N) is 2. The second-order valence-corrected chi connectivity index (χ2v) is 3.96. The van der Waals surface area contributed by atoms with Crippen molar-refractivity contribution in [2.24, 2.45) is 7.05 Å². The Labute approximate surface area is 93.9 Å². The van der Waals surface area contributed by atoms with E-state index in [9.17, 15) is 5.11 Å². The Bertz CT molecular complexity index is 504. The Morgan fingerprint density at radius 1 is 1.56 bits per heavy atom. The number of rotatable bonds is 3. The molecule has 0 aliphatic heterocycles. The molecule has 4 N–H and O–H groups in total. The maximum Gasteiger partial charge on any atom is 0.200 e. The van der Waals surface area contributed by atoms with Gasteiger partial charge in [-0.05, 0) is 25.1 Å². The van der Waals surface area contributed by atoms with E-state index in [1.807, 2.05) is 29.8 Å². The molecule has 0 fully saturated rings. The number of aliphatic hydroxyl groups excluding tert-OH is 1. The molecular weight excluding hydrogens is 204 g/mol. The van der Waals surface area contributed by atoms with E-state index >= 15 is 0 Å². The number of hydrogen-bond donors (Lipinski definition) is 3. The van der Waals surface area contributed by atoms with Crippen molar-refractivity contribution in [3.05, 3.63) is 18.2 Å². The molecule has 5 nitrogen and oxygen atoms in total. The fraction of sp³-hybridized carbons (Fsp3) is 0.364. The minimum Gasteiger partial charge on any atom is -0.392 e. The van der Waals surface area contributed by atoms with Crippen molar-refractivity contribution in [2.75, 3.05) is 17.6 Å². The molecule has 0 amide bonds. The fourth-order valence-corrected chi connectivity index (χ4v) is 1.59. The van der Waals surface area contributed by atoms with Crippen LogP contribution in [0.4, 0.5) is 11.6 Å². The van der Waals surface area contributed by atoms with Gasteiger partial charge in [0.15, 0.2) is 0 Å². The second kappa shape index (κ2) is 4.02. The third-order valence-electron chi connectivity index (χ3n) is 2.52. The molecule has 1 heterocycles. The quantitative estimate of drug-likeness (QED) is 0.719. The Morgan fingerprint density at radius 2 is 2.31 bits per heavy atom. The van der Waals surface area contributed by atoms with Crippen molar-refractivity contribution in [1.82, 2.24) is 9.55 Å². The monoisotopic (exact) mass is 220 g/mol. The summed E-state index contributed by atoms with van der Waals surface area (Å²) in [5.41, 5.74) is 8.51. The van der Waals surface area contributed by atoms with Gasteiger partial charge in [0.05, 0.1) is 17.1 Å². The van der Waals surface area contributed by atoms with Crippen LogP contribution in [0.15, 0.2) is 18.2 Å². The predicted molar refractivity (Wildman–Crippen MR) is 65.3 cm³/mol. The van der Waals surface area contributed by atoms with Gasteiger partial charge in [0.1, 0.15) is 0 Å². The van der Waals surface area contributed by atoms with E-state index in [1.54, 1.807) is 6.92 Å². The van der Waals surface area contributed by atoms with E-state index in [1.165, 1.54) is 0 Å². The normalized spacial score (nSPS) is 12.9. The first-order chi connectivity index (χ1) is 7.58. The third kappa shape index (κ3) is 1.94. The molecule has 1 aromatic carbocycles. The summed E-state index contributed by atoms with van der Waals surface area (Å²) in [6, 6.07) is 5.84. The molecular formula is C11H16N4O. The molecule has 1 aromatic heterocycles. The summed E-state index contributed by atoms with van der Waals surface area (Å²) in [4.78, 5) is 4.24. The molecule has 5 heteroatoms. The number of anilines is 2. The molecule has 0 spiro atoms. The first kappa shape index (κ1) is 10.8. The van der Waals surface area contributed by atoms with Gasteiger partial charge in [-0.25, -0.2) is 4.98 Å². The summed E-state index contributed by atoms with van der Waals surface area (Å²) in [5.74, 6) is 0.502. The van der Waals surface area contributed by atoms with Crippen molar-refractivity contribution in [3.8, 4) is 0 Å². The standard InChI is InChI=1S/C11H16N4O/c1-7(16)6-13-8-3-4-10-9(5-8)14-11(12)15(10)2/h3-5,7,13,16H,6H2,1-2H3,(H2,12,14). The zero-order valence-electron chi connectivity index (χ0n) is 9.44. The van der Waals surface area contributed by atoms with Gasteiger partial charge in [0.25, 0.3) is 0 Å². The predicted octanol–water partition coefficient (Wildman–Crippen LogP) is 0.948. The first-order valence-corrected chi connectivity index (χ1v) is 5.22. The molecule has 0 saturated carbocycles. The highest BCUT2D eigenvalue weighted by molar-refractivity contribution is 5.81. The van der Waals surface area contributed by atoms with Crippen LogP contribution in [0.25, 0.3) is 11.0 Å². The molecule has 0 bridgehead atoms. The van der Waals surface area contributed by atoms with Gasteiger partial charge < -0.3 is 20.7 Å². The lowest BCUT2D eigenvalue weighted by atomic mass is 10.2. The molecule has 16 heavy (non-hydrogen) atoms. The SMILES string of the molecule is CC(O)CNc1ccc2c(c1)nc(N)n2C. The van der Waals surface area contributed by atoms with Crippen LogP contribution in [0, 0.1) is 0 Å². The molecule has 86 valence electrons. The maximum atomic E-state index is 9.17. The van der Waals surface area contributed by atoms with Crippen LogP contribution < -0.4 is 11.1 Å². The lowest BCUT2D eigenvalue weighted by molar-refractivity contribution is 0.208. The van der Waals surface area contributed by atoms with Crippen LogP contribution in [0.5, 0.6) is 0 Å². The summed E-state index contributed by atoms with van der Waals surface area (Å²) >= 11 is 0. The largest absolute Gasteiger partial charge is 0.392 e. The zero-order valence-corrected chi connectivity index (χ0v) is 9.44. The summed E-state index contributed by atoms with van der Waals surface area (Å²) in [6.07, 6.45) is -0.371. The van der Waals surface area contributed by atoms with E-state index in [4.69, 9.17) is 5.73 Å². The average Bonchev–Trinajstić information content (AvgIpc) is 2.52. The van der Waals surface area contributed by atoms with Gasteiger partial charge in [0.2, 0.25) is 5.95 Å². The highest BCUT2D eigenvalue weighted by Crippen LogP contribution is 2.20. The van der Waals surface area contributed by atoms with Gasteiger partial charge in [-0.2, -0.15) is 0 Å². The van der Waals surface area contributed by atoms with E-state index in [2.05, 4.69) is 10.3 Å². The van der Waals surface area contributed by atoms with Gasteiger partial charge >= 0.3 is 0 Å². The van der Waals surface area contributed by atoms with E-state index < -0.39 is 0 Å². The van der Waals surface area contributed by atoms with Gasteiger partial charge in [-0.3, -0.25) is 0 Å². The Morgan fingerprint density at radius 3 is 3.00 bits per heavy atom.